The number of para-hydroxylation sites is 1. The molecular formula is C23H27N5OS. The predicted octanol–water partition coefficient (Wildman–Crippen LogP) is 4.49. The van der Waals surface area contributed by atoms with Crippen LogP contribution in [-0.2, 0) is 6.42 Å². The van der Waals surface area contributed by atoms with Gasteiger partial charge in [0.2, 0.25) is 5.13 Å². The number of urea groups is 1. The highest BCUT2D eigenvalue weighted by Gasteiger charge is 2.21. The van der Waals surface area contributed by atoms with Crippen LogP contribution in [0, 0.1) is 13.8 Å². The number of rotatable bonds is 4. The van der Waals surface area contributed by atoms with Crippen molar-refractivity contribution >= 4 is 28.4 Å². The first-order chi connectivity index (χ1) is 14.6. The standard InChI is InChI=1S/C23H27N5OS/c1-17-8-10-19(11-9-17)16-21-25-23(30-26-21)28-13-5-12-27(14-15-28)22(29)24-20-7-4-3-6-18(20)2/h3-4,6-11H,5,12-16H2,1-2H3,(H,24,29). The lowest BCUT2D eigenvalue weighted by molar-refractivity contribution is 0.215. The van der Waals surface area contributed by atoms with Gasteiger partial charge in [-0.15, -0.1) is 0 Å². The zero-order valence-corrected chi connectivity index (χ0v) is 18.3. The fourth-order valence-electron chi connectivity index (χ4n) is 3.55. The Kier molecular flexibility index (Phi) is 6.28. The van der Waals surface area contributed by atoms with E-state index in [2.05, 4.69) is 45.8 Å². The van der Waals surface area contributed by atoms with Crippen molar-refractivity contribution in [3.05, 3.63) is 71.0 Å². The van der Waals surface area contributed by atoms with Crippen LogP contribution in [0.25, 0.3) is 0 Å². The third kappa shape index (κ3) is 4.97. The Balaban J connectivity index is 1.35. The Hall–Kier alpha value is -2.93. The van der Waals surface area contributed by atoms with Crippen LogP contribution in [0.15, 0.2) is 48.5 Å². The summed E-state index contributed by atoms with van der Waals surface area (Å²) in [5.41, 5.74) is 4.41. The van der Waals surface area contributed by atoms with Crippen LogP contribution >= 0.6 is 11.5 Å². The number of aryl methyl sites for hydroxylation is 2. The van der Waals surface area contributed by atoms with E-state index in [-0.39, 0.29) is 6.03 Å². The summed E-state index contributed by atoms with van der Waals surface area (Å²) in [5.74, 6) is 0.859. The van der Waals surface area contributed by atoms with Gasteiger partial charge in [0.1, 0.15) is 5.82 Å². The Morgan fingerprint density at radius 1 is 1.03 bits per heavy atom. The largest absolute Gasteiger partial charge is 0.345 e. The number of carbonyl (C=O) groups is 1. The second-order valence-electron chi connectivity index (χ2n) is 7.73. The van der Waals surface area contributed by atoms with Crippen molar-refractivity contribution in [3.8, 4) is 0 Å². The first-order valence-corrected chi connectivity index (χ1v) is 11.1. The number of hydrogen-bond donors (Lipinski definition) is 1. The second kappa shape index (κ2) is 9.26. The van der Waals surface area contributed by atoms with Gasteiger partial charge in [-0.3, -0.25) is 0 Å². The quantitative estimate of drug-likeness (QED) is 0.674. The fourth-order valence-corrected chi connectivity index (χ4v) is 4.29. The maximum absolute atomic E-state index is 12.7. The van der Waals surface area contributed by atoms with Crippen LogP contribution in [0.3, 0.4) is 0 Å². The van der Waals surface area contributed by atoms with Crippen molar-refractivity contribution < 1.29 is 4.79 Å². The van der Waals surface area contributed by atoms with Crippen molar-refractivity contribution in [2.45, 2.75) is 26.7 Å². The average molecular weight is 422 g/mol. The molecule has 0 radical (unpaired) electrons. The van der Waals surface area contributed by atoms with Crippen molar-refractivity contribution in [3.63, 3.8) is 0 Å². The van der Waals surface area contributed by atoms with Gasteiger partial charge in [-0.05, 0) is 37.5 Å². The maximum atomic E-state index is 12.7. The van der Waals surface area contributed by atoms with E-state index in [9.17, 15) is 4.79 Å². The summed E-state index contributed by atoms with van der Waals surface area (Å²) in [6.45, 7) is 7.15. The number of carbonyl (C=O) groups excluding carboxylic acids is 1. The number of nitrogens with one attached hydrogen (secondary N) is 1. The Bertz CT molecular complexity index is 1000. The van der Waals surface area contributed by atoms with E-state index in [0.29, 0.717) is 6.54 Å². The first-order valence-electron chi connectivity index (χ1n) is 10.3. The molecular weight excluding hydrogens is 394 g/mol. The molecule has 0 unspecified atom stereocenters. The Morgan fingerprint density at radius 3 is 2.63 bits per heavy atom. The lowest BCUT2D eigenvalue weighted by Gasteiger charge is -2.22. The van der Waals surface area contributed by atoms with Crippen LogP contribution < -0.4 is 10.2 Å². The highest BCUT2D eigenvalue weighted by atomic mass is 32.1. The molecule has 2 heterocycles. The summed E-state index contributed by atoms with van der Waals surface area (Å²) in [4.78, 5) is 21.6. The molecule has 1 aliphatic heterocycles. The molecule has 0 atom stereocenters. The summed E-state index contributed by atoms with van der Waals surface area (Å²) in [6, 6.07) is 16.3. The number of aromatic nitrogens is 2. The van der Waals surface area contributed by atoms with E-state index >= 15 is 0 Å². The smallest absolute Gasteiger partial charge is 0.321 e. The lowest BCUT2D eigenvalue weighted by atomic mass is 10.1. The minimum Gasteiger partial charge on any atom is -0.345 e. The molecule has 0 saturated carbocycles. The zero-order chi connectivity index (χ0) is 20.9. The number of amides is 2. The molecule has 1 N–H and O–H groups in total. The van der Waals surface area contributed by atoms with Gasteiger partial charge in [0.15, 0.2) is 0 Å². The highest BCUT2D eigenvalue weighted by molar-refractivity contribution is 7.09. The van der Waals surface area contributed by atoms with Gasteiger partial charge in [0.05, 0.1) is 0 Å². The monoisotopic (exact) mass is 421 g/mol. The Labute approximate surface area is 181 Å². The number of benzene rings is 2. The van der Waals surface area contributed by atoms with E-state index < -0.39 is 0 Å². The van der Waals surface area contributed by atoms with E-state index in [1.165, 1.54) is 22.7 Å². The van der Waals surface area contributed by atoms with Crippen LogP contribution in [-0.4, -0.2) is 46.5 Å². The molecule has 30 heavy (non-hydrogen) atoms. The predicted molar refractivity (Wildman–Crippen MR) is 122 cm³/mol. The van der Waals surface area contributed by atoms with Crippen molar-refractivity contribution in [1.82, 2.24) is 14.3 Å². The van der Waals surface area contributed by atoms with Crippen LogP contribution in [0.4, 0.5) is 15.6 Å². The normalized spacial score (nSPS) is 14.5. The molecule has 3 aromatic rings. The highest BCUT2D eigenvalue weighted by Crippen LogP contribution is 2.21. The minimum atomic E-state index is -0.0385. The minimum absolute atomic E-state index is 0.0385. The third-order valence-electron chi connectivity index (χ3n) is 5.38. The Morgan fingerprint density at radius 2 is 1.83 bits per heavy atom. The van der Waals surface area contributed by atoms with Gasteiger partial charge in [0.25, 0.3) is 0 Å². The van der Waals surface area contributed by atoms with Crippen molar-refractivity contribution in [2.75, 3.05) is 36.4 Å². The van der Waals surface area contributed by atoms with Gasteiger partial charge in [-0.2, -0.15) is 4.37 Å². The van der Waals surface area contributed by atoms with Gasteiger partial charge in [-0.25, -0.2) is 9.78 Å². The molecule has 156 valence electrons. The molecule has 0 aliphatic carbocycles. The third-order valence-corrected chi connectivity index (χ3v) is 6.20. The van der Waals surface area contributed by atoms with Crippen LogP contribution in [0.2, 0.25) is 0 Å². The van der Waals surface area contributed by atoms with E-state index in [0.717, 1.165) is 54.7 Å². The molecule has 1 aromatic heterocycles. The van der Waals surface area contributed by atoms with Crippen molar-refractivity contribution in [2.24, 2.45) is 0 Å². The summed E-state index contributed by atoms with van der Waals surface area (Å²) in [5, 5.41) is 3.98. The second-order valence-corrected chi connectivity index (χ2v) is 8.46. The molecule has 6 nitrogen and oxygen atoms in total. The van der Waals surface area contributed by atoms with E-state index in [4.69, 9.17) is 4.98 Å². The van der Waals surface area contributed by atoms with Gasteiger partial charge in [-0.1, -0.05) is 48.0 Å². The molecule has 1 saturated heterocycles. The summed E-state index contributed by atoms with van der Waals surface area (Å²) in [7, 11) is 0. The molecule has 0 spiro atoms. The summed E-state index contributed by atoms with van der Waals surface area (Å²) in [6.07, 6.45) is 1.66. The molecule has 0 bridgehead atoms. The number of hydrogen-bond acceptors (Lipinski definition) is 5. The van der Waals surface area contributed by atoms with Crippen molar-refractivity contribution in [1.29, 1.82) is 0 Å². The summed E-state index contributed by atoms with van der Waals surface area (Å²) < 4.78 is 4.56. The maximum Gasteiger partial charge on any atom is 0.321 e. The molecule has 2 aromatic carbocycles. The zero-order valence-electron chi connectivity index (χ0n) is 17.5. The number of anilines is 2. The molecule has 7 heteroatoms. The fraction of sp³-hybridized carbons (Fsp3) is 0.348. The average Bonchev–Trinajstić information content (AvgIpc) is 3.06. The van der Waals surface area contributed by atoms with Gasteiger partial charge < -0.3 is 15.1 Å². The van der Waals surface area contributed by atoms with Crippen LogP contribution in [0.5, 0.6) is 0 Å². The van der Waals surface area contributed by atoms with Gasteiger partial charge >= 0.3 is 6.03 Å². The summed E-state index contributed by atoms with van der Waals surface area (Å²) >= 11 is 1.45. The van der Waals surface area contributed by atoms with Crippen LogP contribution in [0.1, 0.15) is 28.9 Å². The molecule has 1 fully saturated rings. The topological polar surface area (TPSA) is 61.4 Å². The molecule has 2 amide bonds. The first kappa shape index (κ1) is 20.3. The van der Waals surface area contributed by atoms with E-state index in [1.807, 2.05) is 36.1 Å². The van der Waals surface area contributed by atoms with E-state index in [1.54, 1.807) is 0 Å². The SMILES string of the molecule is Cc1ccc(Cc2nsc(N3CCCN(C(=O)Nc4ccccc4C)CC3)n2)cc1. The molecule has 4 rings (SSSR count). The lowest BCUT2D eigenvalue weighted by Crippen LogP contribution is -2.38. The number of nitrogens with zero attached hydrogens (tertiary/aromatic N) is 4. The van der Waals surface area contributed by atoms with Gasteiger partial charge in [0, 0.05) is 49.8 Å². The molecule has 1 aliphatic rings.